The summed E-state index contributed by atoms with van der Waals surface area (Å²) in [6.45, 7) is 1.78. The molecule has 0 atom stereocenters. The number of imide groups is 2. The van der Waals surface area contributed by atoms with Gasteiger partial charge in [-0.2, -0.15) is 0 Å². The van der Waals surface area contributed by atoms with Gasteiger partial charge in [-0.1, -0.05) is 35.7 Å². The summed E-state index contributed by atoms with van der Waals surface area (Å²) < 4.78 is 5.35. The molecule has 28 heavy (non-hydrogen) atoms. The third kappa shape index (κ3) is 3.75. The highest BCUT2D eigenvalue weighted by Gasteiger charge is 2.37. The SMILES string of the molecule is C#CCOc1cccc(/C=C2/C(=O)NC(=O)N(c3cccc(Cl)c3C)C2=O)c1. The monoisotopic (exact) mass is 394 g/mol. The third-order valence-electron chi connectivity index (χ3n) is 4.07. The first kappa shape index (κ1) is 19.2. The van der Waals surface area contributed by atoms with Gasteiger partial charge in [-0.25, -0.2) is 9.69 Å². The zero-order valence-corrected chi connectivity index (χ0v) is 15.6. The average molecular weight is 395 g/mol. The largest absolute Gasteiger partial charge is 0.481 e. The molecular weight excluding hydrogens is 380 g/mol. The predicted octanol–water partition coefficient (Wildman–Crippen LogP) is 3.33. The molecule has 140 valence electrons. The molecule has 1 N–H and O–H groups in total. The van der Waals surface area contributed by atoms with Gasteiger partial charge in [-0.15, -0.1) is 6.42 Å². The summed E-state index contributed by atoms with van der Waals surface area (Å²) in [6, 6.07) is 10.8. The van der Waals surface area contributed by atoms with Crippen LogP contribution in [0.1, 0.15) is 11.1 Å². The Morgan fingerprint density at radius 2 is 1.96 bits per heavy atom. The summed E-state index contributed by atoms with van der Waals surface area (Å²) in [7, 11) is 0. The topological polar surface area (TPSA) is 75.7 Å². The Morgan fingerprint density at radius 3 is 2.71 bits per heavy atom. The normalized spacial score (nSPS) is 15.4. The van der Waals surface area contributed by atoms with E-state index in [0.717, 1.165) is 4.90 Å². The third-order valence-corrected chi connectivity index (χ3v) is 4.48. The van der Waals surface area contributed by atoms with Crippen LogP contribution in [-0.4, -0.2) is 24.5 Å². The van der Waals surface area contributed by atoms with Crippen LogP contribution in [0.25, 0.3) is 6.08 Å². The van der Waals surface area contributed by atoms with Gasteiger partial charge in [-0.3, -0.25) is 14.9 Å². The van der Waals surface area contributed by atoms with Gasteiger partial charge in [0.2, 0.25) is 0 Å². The number of ether oxygens (including phenoxy) is 1. The summed E-state index contributed by atoms with van der Waals surface area (Å²) in [5.41, 5.74) is 1.21. The number of hydrogen-bond acceptors (Lipinski definition) is 4. The average Bonchev–Trinajstić information content (AvgIpc) is 2.67. The van der Waals surface area contributed by atoms with Crippen LogP contribution in [-0.2, 0) is 9.59 Å². The lowest BCUT2D eigenvalue weighted by molar-refractivity contribution is -0.122. The van der Waals surface area contributed by atoms with Crippen molar-refractivity contribution in [2.45, 2.75) is 6.92 Å². The standard InChI is InChI=1S/C21H15ClN2O4/c1-3-10-28-15-7-4-6-14(11-15)12-16-19(25)23-21(27)24(20(16)26)18-9-5-8-17(22)13(18)2/h1,4-9,11-12H,10H2,2H3,(H,23,25,27)/b16-12-. The lowest BCUT2D eigenvalue weighted by Crippen LogP contribution is -2.54. The second-order valence-corrected chi connectivity index (χ2v) is 6.31. The molecule has 4 amide bonds. The smallest absolute Gasteiger partial charge is 0.335 e. The number of amides is 4. The van der Waals surface area contributed by atoms with Crippen LogP contribution in [0.2, 0.25) is 5.02 Å². The van der Waals surface area contributed by atoms with Crippen molar-refractivity contribution in [3.63, 3.8) is 0 Å². The molecule has 2 aromatic rings. The number of benzene rings is 2. The molecule has 6 nitrogen and oxygen atoms in total. The zero-order valence-electron chi connectivity index (χ0n) is 14.9. The van der Waals surface area contributed by atoms with Gasteiger partial charge < -0.3 is 4.74 Å². The van der Waals surface area contributed by atoms with E-state index in [1.54, 1.807) is 49.4 Å². The second kappa shape index (κ2) is 7.99. The zero-order chi connectivity index (χ0) is 20.3. The molecule has 0 aromatic heterocycles. The van der Waals surface area contributed by atoms with Gasteiger partial charge in [0.15, 0.2) is 0 Å². The lowest BCUT2D eigenvalue weighted by atomic mass is 10.1. The van der Waals surface area contributed by atoms with Gasteiger partial charge >= 0.3 is 6.03 Å². The van der Waals surface area contributed by atoms with Gasteiger partial charge in [0.25, 0.3) is 11.8 Å². The fourth-order valence-electron chi connectivity index (χ4n) is 2.70. The number of hydrogen-bond donors (Lipinski definition) is 1. The van der Waals surface area contributed by atoms with Crippen molar-refractivity contribution in [3.05, 3.63) is 64.2 Å². The van der Waals surface area contributed by atoms with Crippen molar-refractivity contribution < 1.29 is 19.1 Å². The highest BCUT2D eigenvalue weighted by Crippen LogP contribution is 2.29. The molecule has 2 aromatic carbocycles. The molecular formula is C21H15ClN2O4. The first-order chi connectivity index (χ1) is 13.4. The van der Waals surface area contributed by atoms with E-state index in [-0.39, 0.29) is 12.2 Å². The molecule has 0 saturated carbocycles. The van der Waals surface area contributed by atoms with E-state index >= 15 is 0 Å². The van der Waals surface area contributed by atoms with E-state index < -0.39 is 17.8 Å². The maximum atomic E-state index is 12.9. The van der Waals surface area contributed by atoms with Crippen molar-refractivity contribution in [2.75, 3.05) is 11.5 Å². The summed E-state index contributed by atoms with van der Waals surface area (Å²) >= 11 is 6.10. The van der Waals surface area contributed by atoms with E-state index in [4.69, 9.17) is 22.8 Å². The number of nitrogens with one attached hydrogen (secondary N) is 1. The predicted molar refractivity (Wildman–Crippen MR) is 106 cm³/mol. The van der Waals surface area contributed by atoms with Gasteiger partial charge in [-0.05, 0) is 48.4 Å². The maximum Gasteiger partial charge on any atom is 0.335 e. The fraction of sp³-hybridized carbons (Fsp3) is 0.0952. The van der Waals surface area contributed by atoms with Crippen LogP contribution < -0.4 is 15.0 Å². The highest BCUT2D eigenvalue weighted by molar-refractivity contribution is 6.39. The molecule has 3 rings (SSSR count). The Morgan fingerprint density at radius 1 is 1.21 bits per heavy atom. The minimum Gasteiger partial charge on any atom is -0.481 e. The molecule has 0 spiro atoms. The van der Waals surface area contributed by atoms with E-state index in [0.29, 0.717) is 27.6 Å². The van der Waals surface area contributed by atoms with Crippen LogP contribution in [0.4, 0.5) is 10.5 Å². The maximum absolute atomic E-state index is 12.9. The van der Waals surface area contributed by atoms with E-state index in [1.807, 2.05) is 0 Å². The van der Waals surface area contributed by atoms with Crippen molar-refractivity contribution in [1.29, 1.82) is 0 Å². The first-order valence-electron chi connectivity index (χ1n) is 8.25. The van der Waals surface area contributed by atoms with Crippen molar-refractivity contribution >= 4 is 41.2 Å². The molecule has 1 fully saturated rings. The number of anilines is 1. The number of barbiturate groups is 1. The van der Waals surface area contributed by atoms with E-state index in [1.165, 1.54) is 6.08 Å². The van der Waals surface area contributed by atoms with Crippen molar-refractivity contribution in [2.24, 2.45) is 0 Å². The van der Waals surface area contributed by atoms with Crippen LogP contribution >= 0.6 is 11.6 Å². The first-order valence-corrected chi connectivity index (χ1v) is 8.63. The van der Waals surface area contributed by atoms with Crippen LogP contribution in [0, 0.1) is 19.3 Å². The van der Waals surface area contributed by atoms with Crippen LogP contribution in [0.15, 0.2) is 48.0 Å². The van der Waals surface area contributed by atoms with Gasteiger partial charge in [0.05, 0.1) is 5.69 Å². The molecule has 7 heteroatoms. The van der Waals surface area contributed by atoms with E-state index in [9.17, 15) is 14.4 Å². The van der Waals surface area contributed by atoms with Crippen LogP contribution in [0.5, 0.6) is 5.75 Å². The number of urea groups is 1. The number of carbonyl (C=O) groups is 3. The molecule has 1 aliphatic rings. The lowest BCUT2D eigenvalue weighted by Gasteiger charge is -2.27. The summed E-state index contributed by atoms with van der Waals surface area (Å²) in [6.07, 6.45) is 6.56. The second-order valence-electron chi connectivity index (χ2n) is 5.91. The Bertz CT molecular complexity index is 1050. The molecule has 0 bridgehead atoms. The number of rotatable bonds is 4. The minimum absolute atomic E-state index is 0.0930. The summed E-state index contributed by atoms with van der Waals surface area (Å²) in [5.74, 6) is 1.34. The quantitative estimate of drug-likeness (QED) is 0.490. The molecule has 0 unspecified atom stereocenters. The Kier molecular flexibility index (Phi) is 5.48. The van der Waals surface area contributed by atoms with E-state index in [2.05, 4.69) is 11.2 Å². The number of terminal acetylenes is 1. The molecule has 0 aliphatic carbocycles. The molecule has 1 saturated heterocycles. The number of nitrogens with zero attached hydrogens (tertiary/aromatic N) is 1. The number of halogens is 1. The van der Waals surface area contributed by atoms with Crippen LogP contribution in [0.3, 0.4) is 0 Å². The summed E-state index contributed by atoms with van der Waals surface area (Å²) in [5, 5.41) is 2.58. The fourth-order valence-corrected chi connectivity index (χ4v) is 2.87. The van der Waals surface area contributed by atoms with Gasteiger partial charge in [0, 0.05) is 5.02 Å². The molecule has 1 heterocycles. The Labute approximate surface area is 166 Å². The molecule has 0 radical (unpaired) electrons. The number of carbonyl (C=O) groups excluding carboxylic acids is 3. The minimum atomic E-state index is -0.830. The van der Waals surface area contributed by atoms with Crippen molar-refractivity contribution in [3.8, 4) is 18.1 Å². The van der Waals surface area contributed by atoms with Gasteiger partial charge in [0.1, 0.15) is 17.9 Å². The Balaban J connectivity index is 2.00. The highest BCUT2D eigenvalue weighted by atomic mass is 35.5. The Hall–Kier alpha value is -3.56. The summed E-state index contributed by atoms with van der Waals surface area (Å²) in [4.78, 5) is 38.4. The van der Waals surface area contributed by atoms with Crippen molar-refractivity contribution in [1.82, 2.24) is 5.32 Å². The molecule has 1 aliphatic heterocycles.